The summed E-state index contributed by atoms with van der Waals surface area (Å²) in [6.45, 7) is 5.63. The molecule has 8 nitrogen and oxygen atoms in total. The number of ether oxygens (including phenoxy) is 1. The number of carbonyl (C=O) groups is 1. The lowest BCUT2D eigenvalue weighted by molar-refractivity contribution is 0.0951. The van der Waals surface area contributed by atoms with E-state index in [0.717, 1.165) is 12.2 Å². The van der Waals surface area contributed by atoms with Crippen LogP contribution in [0.3, 0.4) is 0 Å². The number of aryl methyl sites for hydroxylation is 1. The molecule has 2 aromatic rings. The molecule has 0 saturated carbocycles. The van der Waals surface area contributed by atoms with Crippen LogP contribution in [0.15, 0.2) is 24.4 Å². The lowest BCUT2D eigenvalue weighted by atomic mass is 10.2. The van der Waals surface area contributed by atoms with Gasteiger partial charge in [-0.15, -0.1) is 0 Å². The predicted molar refractivity (Wildman–Crippen MR) is 92.5 cm³/mol. The van der Waals surface area contributed by atoms with E-state index in [0.29, 0.717) is 36.3 Å². The number of nitrogens with one attached hydrogen (secondary N) is 3. The molecule has 0 saturated heterocycles. The fourth-order valence-electron chi connectivity index (χ4n) is 2.08. The third-order valence-corrected chi connectivity index (χ3v) is 3.11. The first-order valence-electron chi connectivity index (χ1n) is 7.74. The number of hydrogen-bond acceptors (Lipinski definition) is 7. The van der Waals surface area contributed by atoms with E-state index in [1.54, 1.807) is 18.3 Å². The van der Waals surface area contributed by atoms with Gasteiger partial charge in [-0.2, -0.15) is 4.98 Å². The number of pyridine rings is 1. The van der Waals surface area contributed by atoms with Gasteiger partial charge in [0.15, 0.2) is 0 Å². The van der Waals surface area contributed by atoms with Crippen LogP contribution in [0.25, 0.3) is 0 Å². The highest BCUT2D eigenvalue weighted by Gasteiger charge is 2.11. The Kier molecular flexibility index (Phi) is 6.30. The third-order valence-electron chi connectivity index (χ3n) is 3.11. The molecular weight excluding hydrogens is 308 g/mol. The minimum atomic E-state index is -0.228. The summed E-state index contributed by atoms with van der Waals surface area (Å²) >= 11 is 0. The number of rotatable bonds is 8. The Morgan fingerprint density at radius 1 is 1.25 bits per heavy atom. The van der Waals surface area contributed by atoms with Gasteiger partial charge in [-0.1, -0.05) is 0 Å². The van der Waals surface area contributed by atoms with Gasteiger partial charge in [0.1, 0.15) is 11.4 Å². The zero-order chi connectivity index (χ0) is 17.4. The molecule has 3 N–H and O–H groups in total. The predicted octanol–water partition coefficient (Wildman–Crippen LogP) is 1.46. The Morgan fingerprint density at radius 2 is 2.08 bits per heavy atom. The molecule has 0 aliphatic carbocycles. The van der Waals surface area contributed by atoms with Crippen molar-refractivity contribution in [1.82, 2.24) is 20.3 Å². The fourth-order valence-corrected chi connectivity index (χ4v) is 2.08. The van der Waals surface area contributed by atoms with Crippen molar-refractivity contribution in [3.8, 4) is 5.88 Å². The van der Waals surface area contributed by atoms with Gasteiger partial charge in [-0.25, -0.2) is 9.97 Å². The Labute approximate surface area is 141 Å². The standard InChI is InChI=1S/C16H22N6O2/c1-4-17-16-21-11(2)10-13(22-16)18-8-9-19-14(23)12-6-5-7-20-15(12)24-3/h5-7,10H,4,8-9H2,1-3H3,(H,19,23)(H2,17,18,21,22). The lowest BCUT2D eigenvalue weighted by Crippen LogP contribution is -2.29. The molecule has 0 aliphatic heterocycles. The highest BCUT2D eigenvalue weighted by atomic mass is 16.5. The van der Waals surface area contributed by atoms with Crippen molar-refractivity contribution >= 4 is 17.7 Å². The minimum Gasteiger partial charge on any atom is -0.480 e. The van der Waals surface area contributed by atoms with Crippen molar-refractivity contribution < 1.29 is 9.53 Å². The Balaban J connectivity index is 1.85. The molecule has 24 heavy (non-hydrogen) atoms. The number of hydrogen-bond donors (Lipinski definition) is 3. The molecule has 1 amide bonds. The van der Waals surface area contributed by atoms with E-state index in [1.807, 2.05) is 19.9 Å². The number of methoxy groups -OCH3 is 1. The van der Waals surface area contributed by atoms with Crippen LogP contribution < -0.4 is 20.7 Å². The summed E-state index contributed by atoms with van der Waals surface area (Å²) in [4.78, 5) is 24.8. The molecule has 2 rings (SSSR count). The topological polar surface area (TPSA) is 101 Å². The van der Waals surface area contributed by atoms with Gasteiger partial charge in [0.25, 0.3) is 5.91 Å². The van der Waals surface area contributed by atoms with E-state index < -0.39 is 0 Å². The Morgan fingerprint density at radius 3 is 2.83 bits per heavy atom. The molecule has 0 radical (unpaired) electrons. The average Bonchev–Trinajstić information content (AvgIpc) is 2.58. The van der Waals surface area contributed by atoms with E-state index in [1.165, 1.54) is 7.11 Å². The quantitative estimate of drug-likeness (QED) is 0.630. The second kappa shape index (κ2) is 8.66. The normalized spacial score (nSPS) is 10.1. The molecule has 0 bridgehead atoms. The van der Waals surface area contributed by atoms with Crippen LogP contribution >= 0.6 is 0 Å². The van der Waals surface area contributed by atoms with Crippen molar-refractivity contribution in [2.24, 2.45) is 0 Å². The summed E-state index contributed by atoms with van der Waals surface area (Å²) in [5.74, 6) is 1.38. The first-order chi connectivity index (χ1) is 11.6. The van der Waals surface area contributed by atoms with Crippen LogP contribution in [0.2, 0.25) is 0 Å². The summed E-state index contributed by atoms with van der Waals surface area (Å²) in [7, 11) is 1.49. The molecule has 0 unspecified atom stereocenters. The first kappa shape index (κ1) is 17.5. The smallest absolute Gasteiger partial charge is 0.256 e. The summed E-state index contributed by atoms with van der Waals surface area (Å²) in [5, 5.41) is 9.06. The van der Waals surface area contributed by atoms with Crippen LogP contribution in [0, 0.1) is 6.92 Å². The Hall–Kier alpha value is -2.90. The number of anilines is 2. The summed E-state index contributed by atoms with van der Waals surface area (Å²) in [6.07, 6.45) is 1.58. The van der Waals surface area contributed by atoms with E-state index >= 15 is 0 Å². The van der Waals surface area contributed by atoms with Gasteiger partial charge in [-0.05, 0) is 26.0 Å². The molecule has 0 atom stereocenters. The van der Waals surface area contributed by atoms with Crippen LogP contribution in [-0.2, 0) is 0 Å². The van der Waals surface area contributed by atoms with Crippen molar-refractivity contribution in [3.05, 3.63) is 35.7 Å². The summed E-state index contributed by atoms with van der Waals surface area (Å²) < 4.78 is 5.08. The highest BCUT2D eigenvalue weighted by Crippen LogP contribution is 2.13. The van der Waals surface area contributed by atoms with Crippen LogP contribution in [-0.4, -0.2) is 47.6 Å². The van der Waals surface area contributed by atoms with E-state index in [2.05, 4.69) is 30.9 Å². The number of aromatic nitrogens is 3. The minimum absolute atomic E-state index is 0.228. The molecule has 0 aromatic carbocycles. The third kappa shape index (κ3) is 4.80. The Bertz CT molecular complexity index is 692. The zero-order valence-corrected chi connectivity index (χ0v) is 14.1. The molecule has 8 heteroatoms. The molecule has 128 valence electrons. The highest BCUT2D eigenvalue weighted by molar-refractivity contribution is 5.96. The molecule has 2 aromatic heterocycles. The maximum absolute atomic E-state index is 12.1. The average molecular weight is 330 g/mol. The molecule has 2 heterocycles. The monoisotopic (exact) mass is 330 g/mol. The zero-order valence-electron chi connectivity index (χ0n) is 14.1. The van der Waals surface area contributed by atoms with Crippen molar-refractivity contribution in [1.29, 1.82) is 0 Å². The van der Waals surface area contributed by atoms with Crippen LogP contribution in [0.5, 0.6) is 5.88 Å². The van der Waals surface area contributed by atoms with Crippen molar-refractivity contribution in [2.45, 2.75) is 13.8 Å². The van der Waals surface area contributed by atoms with Crippen LogP contribution in [0.4, 0.5) is 11.8 Å². The largest absolute Gasteiger partial charge is 0.480 e. The van der Waals surface area contributed by atoms with E-state index in [9.17, 15) is 4.79 Å². The van der Waals surface area contributed by atoms with Crippen molar-refractivity contribution in [2.75, 3.05) is 37.4 Å². The van der Waals surface area contributed by atoms with Crippen molar-refractivity contribution in [3.63, 3.8) is 0 Å². The number of carbonyl (C=O) groups excluding carboxylic acids is 1. The van der Waals surface area contributed by atoms with Gasteiger partial charge in [0.2, 0.25) is 11.8 Å². The maximum atomic E-state index is 12.1. The molecular formula is C16H22N6O2. The van der Waals surface area contributed by atoms with Gasteiger partial charge in [0.05, 0.1) is 7.11 Å². The van der Waals surface area contributed by atoms with Gasteiger partial charge < -0.3 is 20.7 Å². The number of amides is 1. The molecule has 0 aliphatic rings. The molecule has 0 spiro atoms. The van der Waals surface area contributed by atoms with Gasteiger partial charge in [-0.3, -0.25) is 4.79 Å². The first-order valence-corrected chi connectivity index (χ1v) is 7.74. The summed E-state index contributed by atoms with van der Waals surface area (Å²) in [5.41, 5.74) is 1.28. The lowest BCUT2D eigenvalue weighted by Gasteiger charge is -2.10. The second-order valence-corrected chi connectivity index (χ2v) is 4.99. The second-order valence-electron chi connectivity index (χ2n) is 4.99. The fraction of sp³-hybridized carbons (Fsp3) is 0.375. The van der Waals surface area contributed by atoms with Gasteiger partial charge >= 0.3 is 0 Å². The number of nitrogens with zero attached hydrogens (tertiary/aromatic N) is 3. The summed E-state index contributed by atoms with van der Waals surface area (Å²) in [6, 6.07) is 5.22. The molecule has 0 fully saturated rings. The van der Waals surface area contributed by atoms with E-state index in [-0.39, 0.29) is 5.91 Å². The van der Waals surface area contributed by atoms with Crippen LogP contribution in [0.1, 0.15) is 23.0 Å². The van der Waals surface area contributed by atoms with Gasteiger partial charge in [0, 0.05) is 37.6 Å². The maximum Gasteiger partial charge on any atom is 0.256 e. The SMILES string of the molecule is CCNc1nc(C)cc(NCCNC(=O)c2cccnc2OC)n1. The van der Waals surface area contributed by atoms with E-state index in [4.69, 9.17) is 4.74 Å².